The second-order valence-electron chi connectivity index (χ2n) is 5.79. The van der Waals surface area contributed by atoms with Crippen LogP contribution in [0.15, 0.2) is 24.3 Å². The van der Waals surface area contributed by atoms with Crippen LogP contribution in [0.3, 0.4) is 0 Å². The predicted molar refractivity (Wildman–Crippen MR) is 88.1 cm³/mol. The molecule has 2 nitrogen and oxygen atoms in total. The van der Waals surface area contributed by atoms with Crippen molar-refractivity contribution in [3.63, 3.8) is 0 Å². The molecule has 1 saturated carbocycles. The van der Waals surface area contributed by atoms with Crippen molar-refractivity contribution in [1.29, 1.82) is 0 Å². The lowest BCUT2D eigenvalue weighted by molar-refractivity contribution is 0.101. The van der Waals surface area contributed by atoms with Crippen LogP contribution in [-0.2, 0) is 6.42 Å². The fourth-order valence-electron chi connectivity index (χ4n) is 3.07. The molecule has 0 aliphatic heterocycles. The Morgan fingerprint density at radius 3 is 2.48 bits per heavy atom. The summed E-state index contributed by atoms with van der Waals surface area (Å²) >= 11 is 1.82. The minimum atomic E-state index is 0.121. The molecule has 0 bridgehead atoms. The summed E-state index contributed by atoms with van der Waals surface area (Å²) < 4.78 is 0. The van der Waals surface area contributed by atoms with Crippen LogP contribution in [0.5, 0.6) is 0 Å². The van der Waals surface area contributed by atoms with Gasteiger partial charge in [0.15, 0.2) is 5.78 Å². The zero-order chi connectivity index (χ0) is 14.8. The van der Waals surface area contributed by atoms with Crippen LogP contribution in [-0.4, -0.2) is 10.8 Å². The monoisotopic (exact) mass is 299 g/mol. The summed E-state index contributed by atoms with van der Waals surface area (Å²) in [6.07, 6.45) is 6.19. The van der Waals surface area contributed by atoms with E-state index in [9.17, 15) is 4.79 Å². The van der Waals surface area contributed by atoms with Crippen molar-refractivity contribution >= 4 is 17.1 Å². The Balaban J connectivity index is 1.99. The summed E-state index contributed by atoms with van der Waals surface area (Å²) in [4.78, 5) is 17.6. The third-order valence-corrected chi connectivity index (χ3v) is 5.56. The number of Topliss-reactive ketones (excluding diaryl/α,β-unsaturated/α-hetero) is 1. The van der Waals surface area contributed by atoms with E-state index in [1.54, 1.807) is 6.92 Å². The van der Waals surface area contributed by atoms with Gasteiger partial charge in [-0.2, -0.15) is 0 Å². The molecule has 3 rings (SSSR count). The van der Waals surface area contributed by atoms with Gasteiger partial charge >= 0.3 is 0 Å². The van der Waals surface area contributed by atoms with Gasteiger partial charge in [0.05, 0.1) is 15.6 Å². The first kappa shape index (κ1) is 14.5. The minimum Gasteiger partial charge on any atom is -0.295 e. The van der Waals surface area contributed by atoms with E-state index < -0.39 is 0 Å². The van der Waals surface area contributed by atoms with Crippen LogP contribution in [0, 0.1) is 0 Å². The first-order chi connectivity index (χ1) is 10.2. The molecule has 1 aromatic heterocycles. The molecule has 110 valence electrons. The first-order valence-electron chi connectivity index (χ1n) is 7.80. The average molecular weight is 299 g/mol. The molecule has 0 radical (unpaired) electrons. The zero-order valence-electron chi connectivity index (χ0n) is 12.7. The number of aromatic nitrogens is 1. The zero-order valence-corrected chi connectivity index (χ0v) is 13.5. The highest BCUT2D eigenvalue weighted by Crippen LogP contribution is 2.41. The Hall–Kier alpha value is -1.48. The molecule has 0 atom stereocenters. The predicted octanol–water partition coefficient (Wildman–Crippen LogP) is 5.23. The number of carbonyl (C=O) groups excluding carboxylic acids is 1. The summed E-state index contributed by atoms with van der Waals surface area (Å²) in [5.74, 6) is 0.750. The van der Waals surface area contributed by atoms with Gasteiger partial charge in [-0.05, 0) is 31.7 Å². The van der Waals surface area contributed by atoms with Crippen LogP contribution in [0.4, 0.5) is 0 Å². The maximum Gasteiger partial charge on any atom is 0.159 e. The normalized spacial score (nSPS) is 15.5. The molecule has 1 fully saturated rings. The second-order valence-corrected chi connectivity index (χ2v) is 6.87. The summed E-state index contributed by atoms with van der Waals surface area (Å²) in [6, 6.07) is 8.01. The van der Waals surface area contributed by atoms with Gasteiger partial charge in [-0.1, -0.05) is 44.0 Å². The van der Waals surface area contributed by atoms with Gasteiger partial charge < -0.3 is 0 Å². The fraction of sp³-hybridized carbons (Fsp3) is 0.444. The highest BCUT2D eigenvalue weighted by atomic mass is 32.1. The SMILES string of the molecule is CCc1nc(C2CCCC2)c(-c2ccc(C(C)=O)cc2)s1. The second kappa shape index (κ2) is 6.10. The molecule has 1 aliphatic carbocycles. The van der Waals surface area contributed by atoms with Crippen LogP contribution in [0.1, 0.15) is 66.5 Å². The molecule has 0 unspecified atom stereocenters. The Morgan fingerprint density at radius 1 is 1.24 bits per heavy atom. The summed E-state index contributed by atoms with van der Waals surface area (Å²) in [5, 5.41) is 1.22. The number of rotatable bonds is 4. The third-order valence-electron chi connectivity index (χ3n) is 4.30. The van der Waals surface area contributed by atoms with Gasteiger partial charge in [0, 0.05) is 11.5 Å². The van der Waals surface area contributed by atoms with E-state index in [-0.39, 0.29) is 5.78 Å². The molecule has 0 spiro atoms. The number of aryl methyl sites for hydroxylation is 1. The Labute approximate surface area is 130 Å². The maximum absolute atomic E-state index is 11.4. The van der Waals surface area contributed by atoms with E-state index in [0.29, 0.717) is 5.92 Å². The van der Waals surface area contributed by atoms with Crippen LogP contribution >= 0.6 is 11.3 Å². The lowest BCUT2D eigenvalue weighted by Crippen LogP contribution is -1.96. The molecule has 2 aromatic rings. The topological polar surface area (TPSA) is 30.0 Å². The van der Waals surface area contributed by atoms with Crippen LogP contribution < -0.4 is 0 Å². The van der Waals surface area contributed by atoms with E-state index in [2.05, 4.69) is 19.1 Å². The number of benzene rings is 1. The number of carbonyl (C=O) groups is 1. The molecule has 1 heterocycles. The number of hydrogen-bond acceptors (Lipinski definition) is 3. The van der Waals surface area contributed by atoms with E-state index in [0.717, 1.165) is 12.0 Å². The quantitative estimate of drug-likeness (QED) is 0.723. The smallest absolute Gasteiger partial charge is 0.159 e. The van der Waals surface area contributed by atoms with Gasteiger partial charge in [-0.3, -0.25) is 4.79 Å². The largest absolute Gasteiger partial charge is 0.295 e. The highest BCUT2D eigenvalue weighted by Gasteiger charge is 2.24. The highest BCUT2D eigenvalue weighted by molar-refractivity contribution is 7.15. The van der Waals surface area contributed by atoms with Gasteiger partial charge in [-0.25, -0.2) is 4.98 Å². The summed E-state index contributed by atoms with van der Waals surface area (Å²) in [6.45, 7) is 3.78. The van der Waals surface area contributed by atoms with Crippen LogP contribution in [0.2, 0.25) is 0 Å². The number of ketones is 1. The van der Waals surface area contributed by atoms with Crippen molar-refractivity contribution in [1.82, 2.24) is 4.98 Å². The molecular formula is C18H21NOS. The van der Waals surface area contributed by atoms with Crippen molar-refractivity contribution in [2.75, 3.05) is 0 Å². The number of thiazole rings is 1. The van der Waals surface area contributed by atoms with E-state index in [1.165, 1.54) is 46.8 Å². The number of hydrogen-bond donors (Lipinski definition) is 0. The minimum absolute atomic E-state index is 0.121. The standard InChI is InChI=1S/C18H21NOS/c1-3-16-19-17(14-6-4-5-7-14)18(21-16)15-10-8-13(9-11-15)12(2)20/h8-11,14H,3-7H2,1-2H3. The summed E-state index contributed by atoms with van der Waals surface area (Å²) in [5.41, 5.74) is 3.28. The average Bonchev–Trinajstić information content (AvgIpc) is 3.16. The first-order valence-corrected chi connectivity index (χ1v) is 8.61. The van der Waals surface area contributed by atoms with E-state index >= 15 is 0 Å². The molecular weight excluding hydrogens is 278 g/mol. The molecule has 0 amide bonds. The molecule has 21 heavy (non-hydrogen) atoms. The molecule has 3 heteroatoms. The molecule has 1 aliphatic rings. The lowest BCUT2D eigenvalue weighted by atomic mass is 9.99. The maximum atomic E-state index is 11.4. The Kier molecular flexibility index (Phi) is 4.20. The van der Waals surface area contributed by atoms with Gasteiger partial charge in [0.2, 0.25) is 0 Å². The molecule has 0 N–H and O–H groups in total. The lowest BCUT2D eigenvalue weighted by Gasteiger charge is -2.09. The Bertz CT molecular complexity index is 636. The number of nitrogens with zero attached hydrogens (tertiary/aromatic N) is 1. The van der Waals surface area contributed by atoms with Gasteiger partial charge in [0.1, 0.15) is 0 Å². The van der Waals surface area contributed by atoms with Crippen molar-refractivity contribution in [2.24, 2.45) is 0 Å². The van der Waals surface area contributed by atoms with Gasteiger partial charge in [-0.15, -0.1) is 11.3 Å². The van der Waals surface area contributed by atoms with Gasteiger partial charge in [0.25, 0.3) is 0 Å². The Morgan fingerprint density at radius 2 is 1.90 bits per heavy atom. The third kappa shape index (κ3) is 2.93. The fourth-order valence-corrected chi connectivity index (χ4v) is 4.16. The van der Waals surface area contributed by atoms with Crippen molar-refractivity contribution in [3.8, 4) is 10.4 Å². The van der Waals surface area contributed by atoms with Crippen molar-refractivity contribution in [3.05, 3.63) is 40.5 Å². The summed E-state index contributed by atoms with van der Waals surface area (Å²) in [7, 11) is 0. The molecule has 1 aromatic carbocycles. The van der Waals surface area contributed by atoms with Crippen LogP contribution in [0.25, 0.3) is 10.4 Å². The molecule has 0 saturated heterocycles. The van der Waals surface area contributed by atoms with Crippen molar-refractivity contribution < 1.29 is 4.79 Å². The van der Waals surface area contributed by atoms with E-state index in [4.69, 9.17) is 4.98 Å². The van der Waals surface area contributed by atoms with Crippen molar-refractivity contribution in [2.45, 2.75) is 51.9 Å². The van der Waals surface area contributed by atoms with E-state index in [1.807, 2.05) is 23.5 Å².